The predicted molar refractivity (Wildman–Crippen MR) is 76.0 cm³/mol. The average Bonchev–Trinajstić information content (AvgIpc) is 2.68. The Morgan fingerprint density at radius 3 is 1.42 bits per heavy atom. The van der Waals surface area contributed by atoms with Gasteiger partial charge in [-0.25, -0.2) is 0 Å². The maximum atomic E-state index is 7.50. The van der Waals surface area contributed by atoms with Crippen LogP contribution in [0.15, 0.2) is 30.3 Å². The average molecular weight is 368 g/mol. The molecule has 24 heavy (non-hydrogen) atoms. The van der Waals surface area contributed by atoms with Gasteiger partial charge in [0.05, 0.1) is 0 Å². The number of hydrazine groups is 1. The molecule has 0 aliphatic carbocycles. The van der Waals surface area contributed by atoms with Crippen molar-refractivity contribution in [3.05, 3.63) is 69.1 Å². The summed E-state index contributed by atoms with van der Waals surface area (Å²) in [6.07, 6.45) is 0. The molecule has 126 valence electrons. The molecular weight excluding hydrogens is 352 g/mol. The van der Waals surface area contributed by atoms with Crippen molar-refractivity contribution in [2.45, 2.75) is 13.5 Å². The van der Waals surface area contributed by atoms with E-state index in [-0.39, 0.29) is 0 Å². The Morgan fingerprint density at radius 2 is 1.17 bits per heavy atom. The molecule has 0 N–H and O–H groups in total. The first-order valence-electron chi connectivity index (χ1n) is 5.62. The van der Waals surface area contributed by atoms with Crippen LogP contribution in [0.3, 0.4) is 0 Å². The molecule has 0 aromatic heterocycles. The first-order chi connectivity index (χ1) is 11.6. The Labute approximate surface area is 150 Å². The Morgan fingerprint density at radius 1 is 0.833 bits per heavy atom. The van der Waals surface area contributed by atoms with Gasteiger partial charge in [-0.1, -0.05) is 0 Å². The van der Waals surface area contributed by atoms with E-state index in [0.717, 1.165) is 6.54 Å². The van der Waals surface area contributed by atoms with Crippen LogP contribution in [-0.2, 0) is 45.7 Å². The summed E-state index contributed by atoms with van der Waals surface area (Å²) in [5.74, 6) is 0. The minimum atomic E-state index is 0.909. The van der Waals surface area contributed by atoms with E-state index in [0.29, 0.717) is 0 Å². The second kappa shape index (κ2) is 33.0. The molecule has 0 saturated carbocycles. The molecule has 0 fully saturated rings. The van der Waals surface area contributed by atoms with Gasteiger partial charge in [0, 0.05) is 0 Å². The Balaban J connectivity index is -0.000000103. The number of benzene rings is 1. The summed E-state index contributed by atoms with van der Waals surface area (Å²) in [5.41, 5.74) is 1.32. The standard InChI is InChI=1S/C11H16N2.5CO.Cr/c1-4-13(12(2)3)10-11-8-6-5-7-9-11;5*1-2;/h5-9H,10H2,1-3H3;;;;;;. The van der Waals surface area contributed by atoms with E-state index >= 15 is 0 Å². The fourth-order valence-electron chi connectivity index (χ4n) is 1.29. The van der Waals surface area contributed by atoms with E-state index < -0.39 is 0 Å². The topological polar surface area (TPSA) is 106 Å². The van der Waals surface area contributed by atoms with Gasteiger partial charge < -0.3 is 0 Å². The molecule has 0 heterocycles. The van der Waals surface area contributed by atoms with Gasteiger partial charge in [0.25, 0.3) is 0 Å². The first kappa shape index (κ1) is 33.8. The minimum absolute atomic E-state index is 0.909. The summed E-state index contributed by atoms with van der Waals surface area (Å²) in [6.45, 7) is 25.5. The van der Waals surface area contributed by atoms with Gasteiger partial charge in [-0.05, 0) is 0 Å². The second-order valence-electron chi connectivity index (χ2n) is 3.41. The van der Waals surface area contributed by atoms with Gasteiger partial charge >= 0.3 is 150 Å². The quantitative estimate of drug-likeness (QED) is 0.456. The van der Waals surface area contributed by atoms with Crippen LogP contribution in [0.4, 0.5) is 0 Å². The molecule has 1 aromatic rings. The van der Waals surface area contributed by atoms with Crippen molar-refractivity contribution in [3.8, 4) is 0 Å². The van der Waals surface area contributed by atoms with Crippen LogP contribution < -0.4 is 0 Å². The van der Waals surface area contributed by atoms with Crippen molar-refractivity contribution in [3.63, 3.8) is 0 Å². The summed E-state index contributed by atoms with van der Waals surface area (Å²) < 4.78 is 38.7. The fourth-order valence-corrected chi connectivity index (χ4v) is 1.65. The fraction of sp³-hybridized carbons (Fsp3) is 0.250. The van der Waals surface area contributed by atoms with Gasteiger partial charge in [-0.15, -0.1) is 0 Å². The summed E-state index contributed by atoms with van der Waals surface area (Å²) in [6, 6.07) is 10.5. The molecular formula is C16H16CrN2O5. The molecule has 1 rings (SSSR count). The first-order valence-corrected chi connectivity index (χ1v) is 6.26. The zero-order valence-electron chi connectivity index (χ0n) is 13.4. The van der Waals surface area contributed by atoms with E-state index in [9.17, 15) is 0 Å². The molecule has 0 spiro atoms. The summed E-state index contributed by atoms with van der Waals surface area (Å²) in [5, 5.41) is 4.27. The van der Waals surface area contributed by atoms with E-state index in [2.05, 4.69) is 90.3 Å². The third kappa shape index (κ3) is 22.5. The summed E-state index contributed by atoms with van der Waals surface area (Å²) in [4.78, 5) is 0. The molecule has 0 bridgehead atoms. The Bertz CT molecular complexity index is 458. The zero-order valence-corrected chi connectivity index (χ0v) is 14.7. The van der Waals surface area contributed by atoms with Crippen LogP contribution in [0.1, 0.15) is 12.5 Å². The molecule has 0 atom stereocenters. The SMILES string of the molecule is C[C](=[Cr])N(Cc1ccccc1)N(C)C.[C-]#[O+].[C-]#[O+].[C-]#[O+].[C-]#[O+].[C-]#[O+]. The zero-order chi connectivity index (χ0) is 20.6. The van der Waals surface area contributed by atoms with Crippen LogP contribution in [0.25, 0.3) is 0 Å². The third-order valence-corrected chi connectivity index (χ3v) is 2.35. The van der Waals surface area contributed by atoms with Crippen molar-refractivity contribution in [1.82, 2.24) is 10.0 Å². The molecule has 0 radical (unpaired) electrons. The summed E-state index contributed by atoms with van der Waals surface area (Å²) in [7, 11) is 4.09. The van der Waals surface area contributed by atoms with E-state index in [4.69, 9.17) is 23.3 Å². The molecule has 8 heteroatoms. The number of rotatable bonds is 4. The molecule has 0 unspecified atom stereocenters. The Kier molecular flexibility index (Phi) is 46.4. The van der Waals surface area contributed by atoms with Crippen molar-refractivity contribution < 1.29 is 39.1 Å². The van der Waals surface area contributed by atoms with Gasteiger partial charge in [-0.3, -0.25) is 0 Å². The van der Waals surface area contributed by atoms with Crippen molar-refractivity contribution in [2.24, 2.45) is 0 Å². The van der Waals surface area contributed by atoms with E-state index in [1.807, 2.05) is 20.2 Å². The van der Waals surface area contributed by atoms with Crippen molar-refractivity contribution >= 4 is 4.50 Å². The second-order valence-corrected chi connectivity index (χ2v) is 4.33. The van der Waals surface area contributed by atoms with Crippen LogP contribution in [0, 0.1) is 33.3 Å². The number of hydrogen-bond acceptors (Lipinski definition) is 2. The van der Waals surface area contributed by atoms with Crippen molar-refractivity contribution in [2.75, 3.05) is 14.1 Å². The van der Waals surface area contributed by atoms with Gasteiger partial charge in [0.2, 0.25) is 0 Å². The van der Waals surface area contributed by atoms with Crippen molar-refractivity contribution in [1.29, 1.82) is 0 Å². The van der Waals surface area contributed by atoms with Crippen LogP contribution in [0.5, 0.6) is 0 Å². The maximum absolute atomic E-state index is 7.50. The third-order valence-electron chi connectivity index (χ3n) is 2.02. The molecule has 0 amide bonds. The van der Waals surface area contributed by atoms with Crippen LogP contribution in [-0.4, -0.2) is 28.6 Å². The van der Waals surface area contributed by atoms with Gasteiger partial charge in [0.1, 0.15) is 0 Å². The van der Waals surface area contributed by atoms with Gasteiger partial charge in [0.15, 0.2) is 0 Å². The number of hydrogen-bond donors (Lipinski definition) is 0. The molecule has 7 nitrogen and oxygen atoms in total. The summed E-state index contributed by atoms with van der Waals surface area (Å²) >= 11 is 3.04. The molecule has 0 saturated heterocycles. The van der Waals surface area contributed by atoms with Crippen LogP contribution >= 0.6 is 0 Å². The molecule has 0 aliphatic rings. The molecule has 0 aliphatic heterocycles. The Hall–Kier alpha value is -1.76. The normalized spacial score (nSPS) is 6.79. The van der Waals surface area contributed by atoms with E-state index in [1.165, 1.54) is 10.1 Å². The molecule has 1 aromatic carbocycles. The predicted octanol–water partition coefficient (Wildman–Crippen LogP) is 1.47. The number of nitrogens with zero attached hydrogens (tertiary/aromatic N) is 2. The van der Waals surface area contributed by atoms with E-state index in [1.54, 1.807) is 0 Å². The van der Waals surface area contributed by atoms with Crippen LogP contribution in [0.2, 0.25) is 0 Å². The monoisotopic (exact) mass is 368 g/mol. The van der Waals surface area contributed by atoms with Gasteiger partial charge in [-0.2, -0.15) is 0 Å².